The first-order valence-corrected chi connectivity index (χ1v) is 12.2. The van der Waals surface area contributed by atoms with Crippen molar-refractivity contribution in [2.24, 2.45) is 0 Å². The highest BCUT2D eigenvalue weighted by molar-refractivity contribution is 7.86. The van der Waals surface area contributed by atoms with Crippen molar-refractivity contribution in [3.63, 3.8) is 0 Å². The lowest BCUT2D eigenvalue weighted by atomic mass is 9.96. The Morgan fingerprint density at radius 2 is 1.71 bits per heavy atom. The maximum absolute atomic E-state index is 12.3. The summed E-state index contributed by atoms with van der Waals surface area (Å²) in [4.78, 5) is 37.4. The van der Waals surface area contributed by atoms with Gasteiger partial charge in [0.25, 0.3) is 25.8 Å². The summed E-state index contributed by atoms with van der Waals surface area (Å²) in [7, 11) is -6.91. The molecule has 1 aliphatic rings. The van der Waals surface area contributed by atoms with Crippen LogP contribution in [0.3, 0.4) is 0 Å². The van der Waals surface area contributed by atoms with E-state index in [9.17, 15) is 31.2 Å². The molecule has 2 rings (SSSR count). The highest BCUT2D eigenvalue weighted by Gasteiger charge is 2.59. The topological polar surface area (TPSA) is 186 Å². The Bertz CT molecular complexity index is 1100. The van der Waals surface area contributed by atoms with E-state index in [0.29, 0.717) is 0 Å². The molecule has 1 aromatic rings. The largest absolute Gasteiger partial charge is 0.455 e. The van der Waals surface area contributed by atoms with E-state index in [1.165, 1.54) is 0 Å². The summed E-state index contributed by atoms with van der Waals surface area (Å²) in [5.74, 6) is -0.804. The SMILES string of the molecule is CO[C@@H]1[C@@H](OC(C)=O)[C@H](n2ccc(=O)[nH]c2=O)OC1(COS(C)(=O)=O)COS(C)(=O)=O. The molecular weight excluding hydrogens is 464 g/mol. The Labute approximate surface area is 177 Å². The maximum Gasteiger partial charge on any atom is 0.330 e. The van der Waals surface area contributed by atoms with Gasteiger partial charge >= 0.3 is 11.7 Å². The standard InChI is InChI=1S/C15H22N2O12S2/c1-9(18)28-11-12(25-2)15(7-26-30(3,21)22,8-27-31(4,23)24)29-13(11)17-6-5-10(19)16-14(17)20/h5-6,11-13H,7-8H2,1-4H3,(H,16,19,20)/t11-,12-,13-/m1/s1. The zero-order valence-corrected chi connectivity index (χ0v) is 18.6. The van der Waals surface area contributed by atoms with Gasteiger partial charge in [-0.2, -0.15) is 16.8 Å². The minimum absolute atomic E-state index is 0.710. The number of hydrogen-bond donors (Lipinski definition) is 1. The second kappa shape index (κ2) is 9.17. The lowest BCUT2D eigenvalue weighted by molar-refractivity contribution is -0.157. The number of esters is 1. The molecule has 31 heavy (non-hydrogen) atoms. The Hall–Kier alpha value is -2.11. The second-order valence-electron chi connectivity index (χ2n) is 6.75. The Morgan fingerprint density at radius 3 is 2.13 bits per heavy atom. The predicted molar refractivity (Wildman–Crippen MR) is 102 cm³/mol. The number of nitrogens with zero attached hydrogens (tertiary/aromatic N) is 1. The Kier molecular flexibility index (Phi) is 7.44. The minimum Gasteiger partial charge on any atom is -0.455 e. The lowest BCUT2D eigenvalue weighted by Gasteiger charge is -2.32. The van der Waals surface area contributed by atoms with E-state index in [1.54, 1.807) is 0 Å². The van der Waals surface area contributed by atoms with Gasteiger partial charge in [0, 0.05) is 26.3 Å². The van der Waals surface area contributed by atoms with Gasteiger partial charge in [-0.25, -0.2) is 4.79 Å². The number of methoxy groups -OCH3 is 1. The van der Waals surface area contributed by atoms with E-state index in [0.717, 1.165) is 43.4 Å². The molecule has 0 unspecified atom stereocenters. The quantitative estimate of drug-likeness (QED) is 0.291. The molecule has 0 spiro atoms. The van der Waals surface area contributed by atoms with Gasteiger partial charge in [0.15, 0.2) is 17.9 Å². The van der Waals surface area contributed by atoms with Gasteiger partial charge in [0.2, 0.25) is 0 Å². The van der Waals surface area contributed by atoms with Crippen molar-refractivity contribution in [1.29, 1.82) is 0 Å². The molecule has 176 valence electrons. The van der Waals surface area contributed by atoms with Crippen molar-refractivity contribution < 1.29 is 44.2 Å². The molecule has 1 N–H and O–H groups in total. The number of carbonyl (C=O) groups excluding carboxylic acids is 1. The first-order valence-electron chi connectivity index (χ1n) is 8.55. The molecule has 0 aromatic carbocycles. The van der Waals surface area contributed by atoms with Crippen LogP contribution in [0.1, 0.15) is 13.2 Å². The fourth-order valence-corrected chi connectivity index (χ4v) is 3.84. The summed E-state index contributed by atoms with van der Waals surface area (Å²) in [5.41, 5.74) is -3.60. The number of aromatic nitrogens is 2. The van der Waals surface area contributed by atoms with Gasteiger partial charge in [-0.3, -0.25) is 27.5 Å². The van der Waals surface area contributed by atoms with Crippen LogP contribution in [0, 0.1) is 0 Å². The third-order valence-corrected chi connectivity index (χ3v) is 5.26. The number of nitrogens with one attached hydrogen (secondary N) is 1. The average molecular weight is 486 g/mol. The molecule has 0 amide bonds. The van der Waals surface area contributed by atoms with Crippen molar-refractivity contribution in [1.82, 2.24) is 9.55 Å². The number of carbonyl (C=O) groups is 1. The average Bonchev–Trinajstić information content (AvgIpc) is 2.90. The molecule has 0 aliphatic carbocycles. The molecule has 0 radical (unpaired) electrons. The molecule has 1 fully saturated rings. The van der Waals surface area contributed by atoms with Crippen molar-refractivity contribution >= 4 is 26.2 Å². The smallest absolute Gasteiger partial charge is 0.330 e. The number of aromatic amines is 1. The monoisotopic (exact) mass is 486 g/mol. The molecule has 1 aromatic heterocycles. The molecule has 0 bridgehead atoms. The molecule has 14 nitrogen and oxygen atoms in total. The number of ether oxygens (including phenoxy) is 3. The van der Waals surface area contributed by atoms with Crippen LogP contribution in [0.2, 0.25) is 0 Å². The van der Waals surface area contributed by atoms with Crippen LogP contribution in [0.25, 0.3) is 0 Å². The van der Waals surface area contributed by atoms with Crippen molar-refractivity contribution in [2.75, 3.05) is 32.8 Å². The van der Waals surface area contributed by atoms with Crippen molar-refractivity contribution in [2.45, 2.75) is 31.0 Å². The molecule has 2 heterocycles. The first kappa shape index (κ1) is 25.2. The fourth-order valence-electron chi connectivity index (χ4n) is 3.01. The van der Waals surface area contributed by atoms with Crippen LogP contribution in [-0.4, -0.2) is 83.0 Å². The van der Waals surface area contributed by atoms with E-state index >= 15 is 0 Å². The van der Waals surface area contributed by atoms with Crippen molar-refractivity contribution in [3.8, 4) is 0 Å². The van der Waals surface area contributed by atoms with E-state index in [-0.39, 0.29) is 0 Å². The van der Waals surface area contributed by atoms with Crippen LogP contribution in [0.5, 0.6) is 0 Å². The van der Waals surface area contributed by atoms with E-state index in [2.05, 4.69) is 0 Å². The molecule has 16 heteroatoms. The van der Waals surface area contributed by atoms with Gasteiger partial charge < -0.3 is 14.2 Å². The summed E-state index contributed by atoms with van der Waals surface area (Å²) in [6.45, 7) is -0.530. The van der Waals surface area contributed by atoms with Gasteiger partial charge in [-0.15, -0.1) is 0 Å². The summed E-state index contributed by atoms with van der Waals surface area (Å²) >= 11 is 0. The third kappa shape index (κ3) is 6.44. The first-order chi connectivity index (χ1) is 14.2. The van der Waals surface area contributed by atoms with Gasteiger partial charge in [-0.1, -0.05) is 0 Å². The van der Waals surface area contributed by atoms with Gasteiger partial charge in [0.1, 0.15) is 19.3 Å². The lowest BCUT2D eigenvalue weighted by Crippen LogP contribution is -2.52. The maximum atomic E-state index is 12.3. The fraction of sp³-hybridized carbons (Fsp3) is 0.667. The summed E-state index contributed by atoms with van der Waals surface area (Å²) in [5, 5.41) is 0. The Morgan fingerprint density at radius 1 is 1.16 bits per heavy atom. The molecule has 1 saturated heterocycles. The highest BCUT2D eigenvalue weighted by atomic mass is 32.2. The minimum atomic E-state index is -4.04. The summed E-state index contributed by atoms with van der Waals surface area (Å²) in [6, 6.07) is 0.997. The number of hydrogen-bond acceptors (Lipinski definition) is 12. The summed E-state index contributed by atoms with van der Waals surface area (Å²) < 4.78 is 73.2. The molecule has 1 aliphatic heterocycles. The third-order valence-electron chi connectivity index (χ3n) is 4.17. The molecule has 3 atom stereocenters. The van der Waals surface area contributed by atoms with E-state index in [1.807, 2.05) is 4.98 Å². The second-order valence-corrected chi connectivity index (χ2v) is 10.0. The van der Waals surface area contributed by atoms with Crippen LogP contribution < -0.4 is 11.2 Å². The molecular formula is C15H22N2O12S2. The zero-order chi connectivity index (χ0) is 23.6. The van der Waals surface area contributed by atoms with Crippen LogP contribution in [0.4, 0.5) is 0 Å². The van der Waals surface area contributed by atoms with E-state index < -0.39 is 74.7 Å². The van der Waals surface area contributed by atoms with Gasteiger partial charge in [-0.05, 0) is 0 Å². The van der Waals surface area contributed by atoms with Crippen LogP contribution in [-0.2, 0) is 47.6 Å². The normalized spacial score (nSPS) is 23.5. The summed E-state index contributed by atoms with van der Waals surface area (Å²) in [6.07, 6.45) is -1.62. The van der Waals surface area contributed by atoms with E-state index in [4.69, 9.17) is 22.6 Å². The van der Waals surface area contributed by atoms with Crippen LogP contribution >= 0.6 is 0 Å². The van der Waals surface area contributed by atoms with Crippen molar-refractivity contribution in [3.05, 3.63) is 33.1 Å². The Balaban J connectivity index is 2.61. The molecule has 0 saturated carbocycles. The predicted octanol–water partition coefficient (Wildman–Crippen LogP) is -2.30. The highest BCUT2D eigenvalue weighted by Crippen LogP contribution is 2.41. The zero-order valence-electron chi connectivity index (χ0n) is 17.0. The van der Waals surface area contributed by atoms with Crippen LogP contribution in [0.15, 0.2) is 21.9 Å². The van der Waals surface area contributed by atoms with Gasteiger partial charge in [0.05, 0.1) is 12.5 Å². The number of rotatable bonds is 9. The number of H-pyrrole nitrogens is 1.